The highest BCUT2D eigenvalue weighted by Crippen LogP contribution is 2.58. The molecular formula is C28H8F18N4O2S4. The van der Waals surface area contributed by atoms with Crippen LogP contribution >= 0.6 is 45.3 Å². The van der Waals surface area contributed by atoms with Gasteiger partial charge in [0.05, 0.1) is 9.75 Å². The van der Waals surface area contributed by atoms with Crippen LogP contribution < -0.4 is 0 Å². The Bertz CT molecular complexity index is 2200. The van der Waals surface area contributed by atoms with Gasteiger partial charge >= 0.3 is 47.9 Å². The number of alkyl halides is 18. The van der Waals surface area contributed by atoms with E-state index in [1.165, 1.54) is 24.3 Å². The van der Waals surface area contributed by atoms with E-state index in [0.29, 0.717) is 29.3 Å². The highest BCUT2D eigenvalue weighted by Gasteiger charge is 2.84. The normalized spacial score (nSPS) is 14.2. The fraction of sp³-hybridized carbons (Fsp3) is 0.286. The number of aromatic nitrogens is 4. The first-order chi connectivity index (χ1) is 25.5. The third-order valence-corrected chi connectivity index (χ3v) is 12.2. The van der Waals surface area contributed by atoms with Crippen LogP contribution in [0.2, 0.25) is 0 Å². The van der Waals surface area contributed by atoms with Crippen molar-refractivity contribution in [3.05, 3.63) is 60.3 Å². The molecule has 56 heavy (non-hydrogen) atoms. The van der Waals surface area contributed by atoms with Gasteiger partial charge in [-0.1, -0.05) is 0 Å². The topological polar surface area (TPSA) is 77.8 Å². The van der Waals surface area contributed by atoms with Crippen LogP contribution in [0.3, 0.4) is 0 Å². The summed E-state index contributed by atoms with van der Waals surface area (Å²) in [6, 6.07) is 11.6. The molecule has 28 heteroatoms. The Morgan fingerprint density at radius 2 is 0.554 bits per heavy atom. The number of nitrogens with zero attached hydrogens (tertiary/aromatic N) is 4. The SMILES string of the molecule is FC(F)(F)C(F)(F)C(F)(F)C(F)(F)c1nnc(-c2ccc(-c3ccc(-c4ccc(-c5ccc(-c6nnc(C(F)(F)C(F)(F)C(F)(F)C(F)(F)F)o6)s5)s4)s3)s2)o1. The van der Waals surface area contributed by atoms with Crippen LogP contribution in [-0.2, 0) is 11.8 Å². The lowest BCUT2D eigenvalue weighted by molar-refractivity contribution is -0.402. The second-order valence-corrected chi connectivity index (χ2v) is 15.3. The quantitative estimate of drug-likeness (QED) is 0.121. The zero-order valence-corrected chi connectivity index (χ0v) is 28.9. The van der Waals surface area contributed by atoms with E-state index in [1.54, 1.807) is 24.3 Å². The molecule has 0 bridgehead atoms. The van der Waals surface area contributed by atoms with Gasteiger partial charge in [-0.2, -0.15) is 79.0 Å². The van der Waals surface area contributed by atoms with Crippen LogP contribution in [0.5, 0.6) is 0 Å². The lowest BCUT2D eigenvalue weighted by Crippen LogP contribution is -2.59. The Kier molecular flexibility index (Phi) is 9.76. The molecular weight excluding hydrogens is 895 g/mol. The zero-order chi connectivity index (χ0) is 41.7. The maximum absolute atomic E-state index is 14.2. The van der Waals surface area contributed by atoms with Gasteiger partial charge in [0.1, 0.15) is 0 Å². The molecule has 6 aromatic rings. The number of hydrogen-bond acceptors (Lipinski definition) is 10. The van der Waals surface area contributed by atoms with Crippen molar-refractivity contribution in [1.82, 2.24) is 20.4 Å². The highest BCUT2D eigenvalue weighted by molar-refractivity contribution is 7.29. The van der Waals surface area contributed by atoms with Crippen LogP contribution in [0, 0.1) is 0 Å². The first-order valence-corrected chi connectivity index (χ1v) is 17.3. The molecule has 0 atom stereocenters. The lowest BCUT2D eigenvalue weighted by Gasteiger charge is -2.31. The molecule has 0 unspecified atom stereocenters. The molecule has 6 rings (SSSR count). The van der Waals surface area contributed by atoms with Crippen LogP contribution in [0.15, 0.2) is 57.4 Å². The maximum atomic E-state index is 14.2. The minimum absolute atomic E-state index is 0.160. The average Bonchev–Trinajstić information content (AvgIpc) is 3.92. The van der Waals surface area contributed by atoms with Gasteiger partial charge in [-0.25, -0.2) is 0 Å². The van der Waals surface area contributed by atoms with E-state index in [-0.39, 0.29) is 9.75 Å². The first-order valence-electron chi connectivity index (χ1n) is 14.0. The van der Waals surface area contributed by atoms with E-state index >= 15 is 0 Å². The van der Waals surface area contributed by atoms with Gasteiger partial charge in [-0.15, -0.1) is 65.7 Å². The fourth-order valence-corrected chi connectivity index (χ4v) is 8.43. The lowest BCUT2D eigenvalue weighted by atomic mass is 10.0. The Morgan fingerprint density at radius 3 is 0.804 bits per heavy atom. The van der Waals surface area contributed by atoms with E-state index in [1.807, 2.05) is 0 Å². The summed E-state index contributed by atoms with van der Waals surface area (Å²) >= 11 is 3.81. The molecule has 0 aromatic carbocycles. The molecule has 0 spiro atoms. The molecule has 0 aliphatic rings. The van der Waals surface area contributed by atoms with Gasteiger partial charge in [0.15, 0.2) is 0 Å². The number of thiophene rings is 4. The van der Waals surface area contributed by atoms with Gasteiger partial charge < -0.3 is 8.83 Å². The molecule has 0 fully saturated rings. The van der Waals surface area contributed by atoms with Gasteiger partial charge in [0.2, 0.25) is 0 Å². The molecule has 0 saturated heterocycles. The van der Waals surface area contributed by atoms with Crippen molar-refractivity contribution in [3.8, 4) is 50.8 Å². The Balaban J connectivity index is 1.17. The maximum Gasteiger partial charge on any atom is 0.460 e. The van der Waals surface area contributed by atoms with Crippen LogP contribution in [0.4, 0.5) is 79.0 Å². The summed E-state index contributed by atoms with van der Waals surface area (Å²) in [6.07, 6.45) is -14.1. The predicted molar refractivity (Wildman–Crippen MR) is 161 cm³/mol. The summed E-state index contributed by atoms with van der Waals surface area (Å²) in [7, 11) is 0. The molecule has 0 saturated carbocycles. The molecule has 6 aromatic heterocycles. The molecule has 0 aliphatic heterocycles. The molecule has 0 radical (unpaired) electrons. The molecule has 6 nitrogen and oxygen atoms in total. The zero-order valence-electron chi connectivity index (χ0n) is 25.7. The summed E-state index contributed by atoms with van der Waals surface area (Å²) in [4.78, 5) is 2.69. The smallest absolute Gasteiger partial charge is 0.414 e. The molecule has 302 valence electrons. The molecule has 0 aliphatic carbocycles. The molecule has 0 amide bonds. The minimum Gasteiger partial charge on any atom is -0.414 e. The third-order valence-electron chi connectivity index (χ3n) is 7.25. The highest BCUT2D eigenvalue weighted by atomic mass is 32.1. The first kappa shape index (κ1) is 41.5. The summed E-state index contributed by atoms with van der Waals surface area (Å²) in [5, 5.41) is 11.3. The predicted octanol–water partition coefficient (Wildman–Crippen LogP) is 12.9. The average molecular weight is 903 g/mol. The summed E-state index contributed by atoms with van der Waals surface area (Å²) in [5.41, 5.74) is 0. The van der Waals surface area contributed by atoms with Crippen molar-refractivity contribution in [2.75, 3.05) is 0 Å². The molecule has 6 heterocycles. The summed E-state index contributed by atoms with van der Waals surface area (Å²) < 4.78 is 249. The van der Waals surface area contributed by atoms with Gasteiger partial charge in [-0.05, 0) is 48.5 Å². The Labute approximate surface area is 312 Å². The van der Waals surface area contributed by atoms with Gasteiger partial charge in [0, 0.05) is 29.3 Å². The second-order valence-electron chi connectivity index (χ2n) is 10.9. The number of hydrogen-bond donors (Lipinski definition) is 0. The van der Waals surface area contributed by atoms with Gasteiger partial charge in [0.25, 0.3) is 23.6 Å². The summed E-state index contributed by atoms with van der Waals surface area (Å²) in [5.74, 6) is -47.7. The van der Waals surface area contributed by atoms with Crippen molar-refractivity contribution < 1.29 is 87.9 Å². The van der Waals surface area contributed by atoms with Crippen LogP contribution in [0.25, 0.3) is 50.8 Å². The van der Waals surface area contributed by atoms with Crippen molar-refractivity contribution >= 4 is 45.3 Å². The van der Waals surface area contributed by atoms with Crippen molar-refractivity contribution in [1.29, 1.82) is 0 Å². The number of halogens is 18. The van der Waals surface area contributed by atoms with E-state index in [0.717, 1.165) is 45.3 Å². The van der Waals surface area contributed by atoms with Crippen molar-refractivity contribution in [2.24, 2.45) is 0 Å². The van der Waals surface area contributed by atoms with E-state index in [2.05, 4.69) is 29.2 Å². The molecule has 0 N–H and O–H groups in total. The summed E-state index contributed by atoms with van der Waals surface area (Å²) in [6.45, 7) is 0. The Hall–Kier alpha value is -4.18. The van der Waals surface area contributed by atoms with E-state index < -0.39 is 71.5 Å². The van der Waals surface area contributed by atoms with Crippen molar-refractivity contribution in [3.63, 3.8) is 0 Å². The van der Waals surface area contributed by atoms with Gasteiger partial charge in [-0.3, -0.25) is 0 Å². The second kappa shape index (κ2) is 13.2. The fourth-order valence-electron chi connectivity index (χ4n) is 4.29. The third kappa shape index (κ3) is 6.44. The van der Waals surface area contributed by atoms with E-state index in [4.69, 9.17) is 0 Å². The van der Waals surface area contributed by atoms with E-state index in [9.17, 15) is 79.0 Å². The standard InChI is InChI=1S/C28H8F18N4O2S4/c29-21(30,23(33,34)25(37,38)27(41,42)43)19-49-47-17(51-19)15-7-5-13(55-15)11-3-1-9(53-11)10-2-4-12(54-10)14-6-8-16(56-14)18-48-50-20(52-18)22(31,32)24(35,36)26(39,40)28(44,45)46/h1-8H. The minimum atomic E-state index is -7.17. The van der Waals surface area contributed by atoms with Crippen LogP contribution in [-0.4, -0.2) is 56.4 Å². The largest absolute Gasteiger partial charge is 0.460 e. The van der Waals surface area contributed by atoms with Crippen LogP contribution in [0.1, 0.15) is 11.8 Å². The van der Waals surface area contributed by atoms with Crippen molar-refractivity contribution in [2.45, 2.75) is 47.9 Å². The number of rotatable bonds is 11. The Morgan fingerprint density at radius 1 is 0.321 bits per heavy atom. The monoisotopic (exact) mass is 902 g/mol.